The molecule has 0 aromatic heterocycles. The number of carbonyl (C=O) groups is 3. The molecule has 0 saturated heterocycles. The van der Waals surface area contributed by atoms with Crippen LogP contribution in [-0.2, 0) is 23.9 Å². The zero-order valence-electron chi connectivity index (χ0n) is 40.2. The number of nitrogens with one attached hydrogen (secondary N) is 2. The Hall–Kier alpha value is -5.53. The molecule has 0 radical (unpaired) electrons. The topological polar surface area (TPSA) is 176 Å². The average molecular weight is 905 g/mol. The first kappa shape index (κ1) is 47.0. The lowest BCUT2D eigenvalue weighted by Gasteiger charge is -2.37. The van der Waals surface area contributed by atoms with Gasteiger partial charge in [0.25, 0.3) is 0 Å². The number of phenols is 1. The molecule has 5 atom stereocenters. The van der Waals surface area contributed by atoms with E-state index in [1.807, 2.05) is 26.8 Å². The standard InChI is InChI=1S/C53H64N2O11/c1-12-65-52(5,6)50(60)27-18-14-16-20-30(27)54-32-23-34(62-9)40-41-35(63-10)24-33(57)39-42(41)37-29(22-25(3)36(26(4)56)45-43(37)44(40)38(32)48(59)49(45)64-11)46(47(39)58)55-31-21-17-15-19-28(31)51(61)53(7,8)66-13-2/h22-24,27-28,30-31,36,54-55,58H,12-21H2,1-11H3. The second-order valence-corrected chi connectivity index (χ2v) is 19.4. The molecule has 352 valence electrons. The molecule has 5 aromatic rings. The second-order valence-electron chi connectivity index (χ2n) is 19.4. The summed E-state index contributed by atoms with van der Waals surface area (Å²) in [5.74, 6) is -2.02. The van der Waals surface area contributed by atoms with E-state index in [9.17, 15) is 24.3 Å². The van der Waals surface area contributed by atoms with E-state index in [0.29, 0.717) is 99.4 Å². The molecule has 0 heterocycles. The number of methoxy groups -OCH3 is 3. The maximum absolute atomic E-state index is 15.5. The molecule has 2 saturated carbocycles. The van der Waals surface area contributed by atoms with E-state index in [4.69, 9.17) is 23.7 Å². The van der Waals surface area contributed by atoms with Crippen LogP contribution in [0.15, 0.2) is 27.3 Å². The third-order valence-electron chi connectivity index (χ3n) is 14.7. The first-order valence-electron chi connectivity index (χ1n) is 23.5. The van der Waals surface area contributed by atoms with Gasteiger partial charge in [0.1, 0.15) is 28.5 Å². The smallest absolute Gasteiger partial charge is 0.230 e. The summed E-state index contributed by atoms with van der Waals surface area (Å²) in [6, 6.07) is 2.26. The summed E-state index contributed by atoms with van der Waals surface area (Å²) in [6.07, 6.45) is 7.74. The van der Waals surface area contributed by atoms with Crippen molar-refractivity contribution in [3.8, 4) is 23.0 Å². The van der Waals surface area contributed by atoms with Gasteiger partial charge < -0.3 is 39.4 Å². The van der Waals surface area contributed by atoms with Crippen LogP contribution in [0.5, 0.6) is 23.0 Å². The molecule has 0 amide bonds. The highest BCUT2D eigenvalue weighted by Gasteiger charge is 2.43. The lowest BCUT2D eigenvalue weighted by atomic mass is 9.76. The van der Waals surface area contributed by atoms with Gasteiger partial charge in [0.05, 0.1) is 49.4 Å². The van der Waals surface area contributed by atoms with Gasteiger partial charge in [-0.05, 0) is 86.5 Å². The van der Waals surface area contributed by atoms with Crippen molar-refractivity contribution >= 4 is 77.9 Å². The van der Waals surface area contributed by atoms with Gasteiger partial charge in [-0.3, -0.25) is 24.0 Å². The monoisotopic (exact) mass is 904 g/mol. The molecule has 13 heteroatoms. The van der Waals surface area contributed by atoms with Crippen LogP contribution < -0.4 is 35.7 Å². The van der Waals surface area contributed by atoms with Crippen LogP contribution in [0.2, 0.25) is 0 Å². The third kappa shape index (κ3) is 7.32. The lowest BCUT2D eigenvalue weighted by molar-refractivity contribution is -0.145. The third-order valence-corrected chi connectivity index (χ3v) is 14.7. The SMILES string of the molecule is CCOC(C)(C)C(=O)C1CCCCC1Nc1c(O)c2c(=O)cc(OC)c3c4c(OC)cc(NC5CCCCC5C(=O)C(C)(C)OCC)c5c(=O)c(OC)c6c(c(c1C=C(C)C6C(C)=O)c23)c54. The number of phenolic OH excluding ortho intramolecular Hbond substituents is 1. The number of carbonyl (C=O) groups excluding carboxylic acids is 3. The van der Waals surface area contributed by atoms with E-state index in [-0.39, 0.29) is 57.1 Å². The summed E-state index contributed by atoms with van der Waals surface area (Å²) in [4.78, 5) is 72.8. The number of ether oxygens (including phenoxy) is 5. The largest absolute Gasteiger partial charge is 0.505 e. The number of allylic oxidation sites excluding steroid dienone is 1. The summed E-state index contributed by atoms with van der Waals surface area (Å²) in [6.45, 7) is 14.9. The maximum Gasteiger partial charge on any atom is 0.230 e. The zero-order valence-corrected chi connectivity index (χ0v) is 40.2. The van der Waals surface area contributed by atoms with Crippen LogP contribution in [0.1, 0.15) is 124 Å². The second kappa shape index (κ2) is 17.6. The summed E-state index contributed by atoms with van der Waals surface area (Å²) in [7, 11) is 4.40. The Labute approximate surface area is 385 Å². The number of ketones is 3. The minimum atomic E-state index is -1.06. The maximum atomic E-state index is 15.5. The predicted molar refractivity (Wildman–Crippen MR) is 260 cm³/mol. The van der Waals surface area contributed by atoms with Crippen LogP contribution in [0.4, 0.5) is 11.4 Å². The highest BCUT2D eigenvalue weighted by molar-refractivity contribution is 6.40. The molecule has 3 aliphatic rings. The molecule has 3 N–H and O–H groups in total. The van der Waals surface area contributed by atoms with Crippen molar-refractivity contribution in [1.29, 1.82) is 0 Å². The van der Waals surface area contributed by atoms with Gasteiger partial charge in [-0.15, -0.1) is 0 Å². The molecular weight excluding hydrogens is 841 g/mol. The highest BCUT2D eigenvalue weighted by Crippen LogP contribution is 2.57. The van der Waals surface area contributed by atoms with Gasteiger partial charge in [-0.2, -0.15) is 0 Å². The van der Waals surface area contributed by atoms with Crippen molar-refractivity contribution in [3.05, 3.63) is 49.3 Å². The van der Waals surface area contributed by atoms with E-state index in [0.717, 1.165) is 25.7 Å². The van der Waals surface area contributed by atoms with Crippen LogP contribution in [-0.4, -0.2) is 80.3 Å². The number of rotatable bonds is 16. The van der Waals surface area contributed by atoms with Gasteiger partial charge >= 0.3 is 0 Å². The molecule has 3 aliphatic carbocycles. The van der Waals surface area contributed by atoms with Gasteiger partial charge in [0.2, 0.25) is 5.43 Å². The Morgan fingerprint density at radius 2 is 1.20 bits per heavy atom. The van der Waals surface area contributed by atoms with E-state index in [2.05, 4.69) is 10.6 Å². The Morgan fingerprint density at radius 1 is 0.682 bits per heavy atom. The Bertz CT molecular complexity index is 2940. The van der Waals surface area contributed by atoms with Crippen molar-refractivity contribution in [2.75, 3.05) is 45.2 Å². The number of fused-ring (bicyclic) bond motifs is 1. The average Bonchev–Trinajstić information content (AvgIpc) is 3.41. The van der Waals surface area contributed by atoms with Crippen LogP contribution in [0.25, 0.3) is 49.2 Å². The van der Waals surface area contributed by atoms with Crippen molar-refractivity contribution < 1.29 is 43.2 Å². The van der Waals surface area contributed by atoms with E-state index >= 15 is 4.79 Å². The van der Waals surface area contributed by atoms with Crippen molar-refractivity contribution in [3.63, 3.8) is 0 Å². The number of Topliss-reactive ketones (excluding diaryl/α,β-unsaturated/α-hetero) is 3. The molecular formula is C53H64N2O11. The molecule has 5 unspecified atom stereocenters. The van der Waals surface area contributed by atoms with Crippen molar-refractivity contribution in [2.24, 2.45) is 11.8 Å². The van der Waals surface area contributed by atoms with Crippen LogP contribution in [0, 0.1) is 11.8 Å². The Kier molecular flexibility index (Phi) is 12.5. The number of hydrogen-bond acceptors (Lipinski definition) is 13. The molecule has 66 heavy (non-hydrogen) atoms. The van der Waals surface area contributed by atoms with E-state index < -0.39 is 45.9 Å². The first-order chi connectivity index (χ1) is 31.4. The normalized spacial score (nSPS) is 21.3. The molecule has 2 fully saturated rings. The zero-order chi connectivity index (χ0) is 47.7. The summed E-state index contributed by atoms with van der Waals surface area (Å²) in [5.41, 5.74) is -1.02. The minimum absolute atomic E-state index is 0.00681. The van der Waals surface area contributed by atoms with Crippen LogP contribution in [0.3, 0.4) is 0 Å². The minimum Gasteiger partial charge on any atom is -0.505 e. The summed E-state index contributed by atoms with van der Waals surface area (Å²) >= 11 is 0. The molecule has 0 aliphatic heterocycles. The molecule has 13 nitrogen and oxygen atoms in total. The van der Waals surface area contributed by atoms with Crippen LogP contribution >= 0.6 is 0 Å². The molecule has 0 bridgehead atoms. The number of anilines is 2. The van der Waals surface area contributed by atoms with Gasteiger partial charge in [-0.25, -0.2) is 0 Å². The van der Waals surface area contributed by atoms with Gasteiger partial charge in [0.15, 0.2) is 28.5 Å². The number of aromatic hydroxyl groups is 1. The fourth-order valence-electron chi connectivity index (χ4n) is 11.9. The Morgan fingerprint density at radius 3 is 1.71 bits per heavy atom. The Balaban J connectivity index is 1.53. The fraction of sp³-hybridized carbons (Fsp3) is 0.528. The number of hydrogen-bond donors (Lipinski definition) is 3. The summed E-state index contributed by atoms with van der Waals surface area (Å²) < 4.78 is 30.3. The fourth-order valence-corrected chi connectivity index (χ4v) is 11.9. The van der Waals surface area contributed by atoms with Gasteiger partial charge in [-0.1, -0.05) is 37.3 Å². The van der Waals surface area contributed by atoms with E-state index in [1.165, 1.54) is 34.3 Å². The number of benzene rings is 5. The first-order valence-corrected chi connectivity index (χ1v) is 23.5. The quantitative estimate of drug-likeness (QED) is 0.0486. The molecule has 5 aromatic carbocycles. The van der Waals surface area contributed by atoms with Crippen molar-refractivity contribution in [2.45, 2.75) is 136 Å². The highest BCUT2D eigenvalue weighted by atomic mass is 16.5. The lowest BCUT2D eigenvalue weighted by Crippen LogP contribution is -2.47. The van der Waals surface area contributed by atoms with Crippen molar-refractivity contribution in [1.82, 2.24) is 0 Å². The molecule has 0 spiro atoms. The molecule has 8 rings (SSSR count). The summed E-state index contributed by atoms with van der Waals surface area (Å²) in [5, 5.41) is 22.9. The van der Waals surface area contributed by atoms with Gasteiger partial charge in [0, 0.05) is 87.3 Å². The predicted octanol–water partition coefficient (Wildman–Crippen LogP) is 9.43. The van der Waals surface area contributed by atoms with E-state index in [1.54, 1.807) is 33.8 Å².